The lowest BCUT2D eigenvalue weighted by molar-refractivity contribution is -0.137. The highest BCUT2D eigenvalue weighted by Crippen LogP contribution is 2.17. The lowest BCUT2D eigenvalue weighted by atomic mass is 10.4. The summed E-state index contributed by atoms with van der Waals surface area (Å²) in [6.07, 6.45) is 2.82. The van der Waals surface area contributed by atoms with Gasteiger partial charge in [-0.25, -0.2) is 9.59 Å². The first kappa shape index (κ1) is 11.5. The van der Waals surface area contributed by atoms with Crippen molar-refractivity contribution in [1.82, 2.24) is 0 Å². The van der Waals surface area contributed by atoms with E-state index in [-0.39, 0.29) is 4.88 Å². The molecule has 80 valence electrons. The van der Waals surface area contributed by atoms with Crippen molar-refractivity contribution in [2.75, 3.05) is 6.61 Å². The molecule has 0 amide bonds. The van der Waals surface area contributed by atoms with E-state index >= 15 is 0 Å². The van der Waals surface area contributed by atoms with Crippen LogP contribution < -0.4 is 0 Å². The summed E-state index contributed by atoms with van der Waals surface area (Å²) < 4.78 is 4.68. The van der Waals surface area contributed by atoms with E-state index in [4.69, 9.17) is 5.11 Å². The number of esters is 1. The number of carbonyl (C=O) groups excluding carboxylic acids is 1. The van der Waals surface area contributed by atoms with Crippen LogP contribution in [-0.2, 0) is 9.53 Å². The van der Waals surface area contributed by atoms with Crippen LogP contribution in [0.25, 0.3) is 6.08 Å². The number of rotatable bonds is 4. The molecular weight excluding hydrogens is 216 g/mol. The fraction of sp³-hybridized carbons (Fsp3) is 0.200. The summed E-state index contributed by atoms with van der Waals surface area (Å²) in [7, 11) is 0. The summed E-state index contributed by atoms with van der Waals surface area (Å²) >= 11 is 1.11. The third kappa shape index (κ3) is 3.55. The molecule has 0 aromatic carbocycles. The van der Waals surface area contributed by atoms with Gasteiger partial charge in [0.25, 0.3) is 0 Å². The Hall–Kier alpha value is -1.62. The Kier molecular flexibility index (Phi) is 4.05. The van der Waals surface area contributed by atoms with Crippen LogP contribution in [0.15, 0.2) is 18.2 Å². The van der Waals surface area contributed by atoms with Gasteiger partial charge in [0.2, 0.25) is 0 Å². The van der Waals surface area contributed by atoms with Gasteiger partial charge in [-0.05, 0) is 25.1 Å². The number of thiophene rings is 1. The quantitative estimate of drug-likeness (QED) is 0.630. The van der Waals surface area contributed by atoms with Gasteiger partial charge >= 0.3 is 11.9 Å². The van der Waals surface area contributed by atoms with Gasteiger partial charge in [0.15, 0.2) is 0 Å². The smallest absolute Gasteiger partial charge is 0.345 e. The third-order valence-electron chi connectivity index (χ3n) is 1.51. The Balaban J connectivity index is 2.64. The van der Waals surface area contributed by atoms with Gasteiger partial charge in [-0.15, -0.1) is 11.3 Å². The molecule has 1 rings (SSSR count). The van der Waals surface area contributed by atoms with E-state index in [1.54, 1.807) is 13.0 Å². The normalized spacial score (nSPS) is 10.5. The van der Waals surface area contributed by atoms with Crippen LogP contribution in [0.3, 0.4) is 0 Å². The first-order chi connectivity index (χ1) is 7.13. The fourth-order valence-corrected chi connectivity index (χ4v) is 1.65. The lowest BCUT2D eigenvalue weighted by Crippen LogP contribution is -1.98. The molecule has 0 aliphatic heterocycles. The Labute approximate surface area is 90.8 Å². The predicted octanol–water partition coefficient (Wildman–Crippen LogP) is 2.02. The van der Waals surface area contributed by atoms with Gasteiger partial charge in [0.05, 0.1) is 6.61 Å². The summed E-state index contributed by atoms with van der Waals surface area (Å²) in [4.78, 5) is 22.4. The molecule has 1 N–H and O–H groups in total. The molecule has 1 heterocycles. The minimum atomic E-state index is -0.962. The van der Waals surface area contributed by atoms with Crippen molar-refractivity contribution in [3.8, 4) is 0 Å². The van der Waals surface area contributed by atoms with Crippen LogP contribution >= 0.6 is 11.3 Å². The zero-order valence-corrected chi connectivity index (χ0v) is 8.91. The molecular formula is C10H10O4S. The largest absolute Gasteiger partial charge is 0.477 e. The highest BCUT2D eigenvalue weighted by Gasteiger charge is 2.05. The number of ether oxygens (including phenoxy) is 1. The van der Waals surface area contributed by atoms with Gasteiger partial charge in [-0.3, -0.25) is 0 Å². The fourth-order valence-electron chi connectivity index (χ4n) is 0.898. The van der Waals surface area contributed by atoms with E-state index in [1.807, 2.05) is 0 Å². The number of carboxylic acid groups (broad SMARTS) is 1. The van der Waals surface area contributed by atoms with Gasteiger partial charge in [-0.1, -0.05) is 0 Å². The zero-order valence-electron chi connectivity index (χ0n) is 8.10. The van der Waals surface area contributed by atoms with Crippen molar-refractivity contribution in [1.29, 1.82) is 0 Å². The van der Waals surface area contributed by atoms with Crippen molar-refractivity contribution in [3.63, 3.8) is 0 Å². The van der Waals surface area contributed by atoms with Crippen LogP contribution in [0.4, 0.5) is 0 Å². The van der Waals surface area contributed by atoms with Crippen LogP contribution in [-0.4, -0.2) is 23.7 Å². The third-order valence-corrected chi connectivity index (χ3v) is 2.55. The molecule has 1 aromatic heterocycles. The molecule has 0 aliphatic rings. The van der Waals surface area contributed by atoms with Crippen molar-refractivity contribution < 1.29 is 19.4 Å². The van der Waals surface area contributed by atoms with E-state index in [0.717, 1.165) is 11.3 Å². The molecule has 4 nitrogen and oxygen atoms in total. The molecule has 0 fully saturated rings. The maximum atomic E-state index is 10.9. The van der Waals surface area contributed by atoms with E-state index in [0.29, 0.717) is 11.5 Å². The average molecular weight is 226 g/mol. The summed E-state index contributed by atoms with van der Waals surface area (Å²) in [6.45, 7) is 2.05. The number of hydrogen-bond donors (Lipinski definition) is 1. The van der Waals surface area contributed by atoms with Gasteiger partial charge in [-0.2, -0.15) is 0 Å². The SMILES string of the molecule is CCOC(=O)C=Cc1ccc(C(=O)O)s1. The molecule has 1 aromatic rings. The predicted molar refractivity (Wildman–Crippen MR) is 56.9 cm³/mol. The number of carbonyl (C=O) groups is 2. The van der Waals surface area contributed by atoms with Gasteiger partial charge in [0, 0.05) is 11.0 Å². The zero-order chi connectivity index (χ0) is 11.3. The van der Waals surface area contributed by atoms with E-state index in [9.17, 15) is 9.59 Å². The van der Waals surface area contributed by atoms with Crippen molar-refractivity contribution in [2.24, 2.45) is 0 Å². The second-order valence-corrected chi connectivity index (χ2v) is 3.71. The van der Waals surface area contributed by atoms with Crippen molar-refractivity contribution >= 4 is 29.4 Å². The van der Waals surface area contributed by atoms with Crippen molar-refractivity contribution in [2.45, 2.75) is 6.92 Å². The molecule has 0 unspecified atom stereocenters. The first-order valence-electron chi connectivity index (χ1n) is 4.31. The molecule has 0 radical (unpaired) electrons. The molecule has 0 saturated carbocycles. The lowest BCUT2D eigenvalue weighted by Gasteiger charge is -1.93. The number of carboxylic acids is 1. The Morgan fingerprint density at radius 3 is 2.80 bits per heavy atom. The Bertz CT molecular complexity index is 392. The van der Waals surface area contributed by atoms with Crippen LogP contribution in [0.1, 0.15) is 21.5 Å². The first-order valence-corrected chi connectivity index (χ1v) is 5.13. The minimum Gasteiger partial charge on any atom is -0.477 e. The number of aromatic carboxylic acids is 1. The molecule has 0 saturated heterocycles. The summed E-state index contributed by atoms with van der Waals surface area (Å²) in [5, 5.41) is 8.65. The summed E-state index contributed by atoms with van der Waals surface area (Å²) in [5.41, 5.74) is 0. The molecule has 0 aliphatic carbocycles. The van der Waals surface area contributed by atoms with Gasteiger partial charge < -0.3 is 9.84 Å². The van der Waals surface area contributed by atoms with E-state index < -0.39 is 11.9 Å². The van der Waals surface area contributed by atoms with Gasteiger partial charge in [0.1, 0.15) is 4.88 Å². The second kappa shape index (κ2) is 5.31. The van der Waals surface area contributed by atoms with E-state index in [2.05, 4.69) is 4.74 Å². The molecule has 0 atom stereocenters. The standard InChI is InChI=1S/C10H10O4S/c1-2-14-9(11)6-4-7-3-5-8(15-7)10(12)13/h3-6H,2H2,1H3,(H,12,13). The van der Waals surface area contributed by atoms with Crippen LogP contribution in [0.5, 0.6) is 0 Å². The molecule has 15 heavy (non-hydrogen) atoms. The summed E-state index contributed by atoms with van der Waals surface area (Å²) in [5.74, 6) is -1.39. The molecule has 5 heteroatoms. The van der Waals surface area contributed by atoms with Crippen molar-refractivity contribution in [3.05, 3.63) is 28.0 Å². The number of hydrogen-bond acceptors (Lipinski definition) is 4. The Morgan fingerprint density at radius 2 is 2.27 bits per heavy atom. The van der Waals surface area contributed by atoms with Crippen LogP contribution in [0.2, 0.25) is 0 Å². The highest BCUT2D eigenvalue weighted by molar-refractivity contribution is 7.14. The average Bonchev–Trinajstić information content (AvgIpc) is 2.63. The maximum Gasteiger partial charge on any atom is 0.345 e. The topological polar surface area (TPSA) is 63.6 Å². The maximum absolute atomic E-state index is 10.9. The monoisotopic (exact) mass is 226 g/mol. The van der Waals surface area contributed by atoms with Crippen LogP contribution in [0, 0.1) is 0 Å². The minimum absolute atomic E-state index is 0.249. The highest BCUT2D eigenvalue weighted by atomic mass is 32.1. The Morgan fingerprint density at radius 1 is 1.53 bits per heavy atom. The van der Waals surface area contributed by atoms with E-state index in [1.165, 1.54) is 18.2 Å². The second-order valence-electron chi connectivity index (χ2n) is 2.59. The summed E-state index contributed by atoms with van der Waals surface area (Å²) in [6, 6.07) is 3.14. The molecule has 0 bridgehead atoms. The molecule has 0 spiro atoms.